The normalized spacial score (nSPS) is 13.2. The summed E-state index contributed by atoms with van der Waals surface area (Å²) in [4.78, 5) is 0. The van der Waals surface area contributed by atoms with E-state index in [1.165, 1.54) is 27.5 Å². The van der Waals surface area contributed by atoms with Crippen molar-refractivity contribution >= 4 is 22.0 Å². The Labute approximate surface area is 158 Å². The zero-order valence-electron chi connectivity index (χ0n) is 15.1. The lowest BCUT2D eigenvalue weighted by Gasteiger charge is -2.16. The van der Waals surface area contributed by atoms with Crippen molar-refractivity contribution in [1.82, 2.24) is 4.72 Å². The fraction of sp³-hybridized carbons (Fsp3) is 0.222. The lowest BCUT2D eigenvalue weighted by atomic mass is 10.1. The first-order valence-corrected chi connectivity index (χ1v) is 9.42. The van der Waals surface area contributed by atoms with E-state index in [1.54, 1.807) is 42.5 Å². The van der Waals surface area contributed by atoms with E-state index in [4.69, 9.17) is 18.9 Å². The van der Waals surface area contributed by atoms with Crippen molar-refractivity contribution in [3.63, 3.8) is 0 Å². The molecule has 0 fully saturated rings. The van der Waals surface area contributed by atoms with Gasteiger partial charge in [-0.15, -0.1) is 0 Å². The molecule has 3 rings (SSSR count). The van der Waals surface area contributed by atoms with E-state index in [0.29, 0.717) is 34.2 Å². The Bertz CT molecular complexity index is 933. The maximum atomic E-state index is 12.6. The molecule has 0 saturated carbocycles. The molecule has 2 aromatic carbocycles. The maximum absolute atomic E-state index is 12.6. The molecule has 0 aliphatic carbocycles. The summed E-state index contributed by atoms with van der Waals surface area (Å²) in [6.45, 7) is -0.0856. The zero-order chi connectivity index (χ0) is 19.4. The average molecular weight is 392 g/mol. The van der Waals surface area contributed by atoms with Crippen molar-refractivity contribution in [2.24, 2.45) is 0 Å². The van der Waals surface area contributed by atoms with Crippen LogP contribution in [0, 0.1) is 0 Å². The Morgan fingerprint density at radius 2 is 1.74 bits per heavy atom. The summed E-state index contributed by atoms with van der Waals surface area (Å²) in [5.74, 6) is 2.05. The van der Waals surface area contributed by atoms with Gasteiger partial charge in [0.15, 0.2) is 6.73 Å². The van der Waals surface area contributed by atoms with Gasteiger partial charge in [0.1, 0.15) is 23.0 Å². The summed E-state index contributed by atoms with van der Waals surface area (Å²) in [6, 6.07) is 10.3. The van der Waals surface area contributed by atoms with Gasteiger partial charge in [0.2, 0.25) is 0 Å². The largest absolute Gasteiger partial charge is 0.496 e. The van der Waals surface area contributed by atoms with Crippen LogP contribution in [0.3, 0.4) is 0 Å². The second kappa shape index (κ2) is 7.67. The molecule has 9 heteroatoms. The van der Waals surface area contributed by atoms with Gasteiger partial charge in [0.05, 0.1) is 32.6 Å². The van der Waals surface area contributed by atoms with Crippen LogP contribution in [-0.4, -0.2) is 36.5 Å². The lowest BCUT2D eigenvalue weighted by Crippen LogP contribution is -2.37. The van der Waals surface area contributed by atoms with Crippen molar-refractivity contribution in [3.05, 3.63) is 48.2 Å². The van der Waals surface area contributed by atoms with Crippen LogP contribution in [0.1, 0.15) is 5.56 Å². The number of para-hydroxylation sites is 2. The molecule has 1 aliphatic heterocycles. The number of anilines is 1. The van der Waals surface area contributed by atoms with Gasteiger partial charge in [-0.3, -0.25) is 4.72 Å². The van der Waals surface area contributed by atoms with E-state index >= 15 is 0 Å². The van der Waals surface area contributed by atoms with E-state index < -0.39 is 10.2 Å². The van der Waals surface area contributed by atoms with Gasteiger partial charge in [-0.2, -0.15) is 8.42 Å². The highest BCUT2D eigenvalue weighted by molar-refractivity contribution is 7.91. The first-order valence-electron chi connectivity index (χ1n) is 7.98. The minimum atomic E-state index is -3.83. The Hall–Kier alpha value is -3.07. The van der Waals surface area contributed by atoms with Crippen LogP contribution in [0.2, 0.25) is 0 Å². The second-order valence-electron chi connectivity index (χ2n) is 5.49. The van der Waals surface area contributed by atoms with Gasteiger partial charge in [-0.05, 0) is 18.2 Å². The number of nitrogens with zero attached hydrogens (tertiary/aromatic N) is 1. The topological polar surface area (TPSA) is 86.3 Å². The molecule has 0 amide bonds. The van der Waals surface area contributed by atoms with Crippen molar-refractivity contribution in [2.75, 3.05) is 32.4 Å². The minimum Gasteiger partial charge on any atom is -0.496 e. The summed E-state index contributed by atoms with van der Waals surface area (Å²) < 4.78 is 50.0. The number of rotatable bonds is 7. The van der Waals surface area contributed by atoms with E-state index in [0.717, 1.165) is 4.31 Å². The molecule has 0 spiro atoms. The van der Waals surface area contributed by atoms with Gasteiger partial charge < -0.3 is 18.9 Å². The van der Waals surface area contributed by atoms with E-state index in [1.807, 2.05) is 0 Å². The van der Waals surface area contributed by atoms with Crippen LogP contribution in [0.5, 0.6) is 23.0 Å². The number of benzene rings is 2. The zero-order valence-corrected chi connectivity index (χ0v) is 15.9. The number of nitrogens with one attached hydrogen (secondary N) is 1. The van der Waals surface area contributed by atoms with Crippen LogP contribution >= 0.6 is 0 Å². The number of methoxy groups -OCH3 is 3. The highest BCUT2D eigenvalue weighted by atomic mass is 32.2. The van der Waals surface area contributed by atoms with Crippen molar-refractivity contribution in [3.8, 4) is 23.0 Å². The highest BCUT2D eigenvalue weighted by Crippen LogP contribution is 2.36. The molecule has 0 aromatic heterocycles. The number of hydrogen-bond acceptors (Lipinski definition) is 6. The lowest BCUT2D eigenvalue weighted by molar-refractivity contribution is 0.360. The van der Waals surface area contributed by atoms with Crippen LogP contribution in [0.15, 0.2) is 42.6 Å². The van der Waals surface area contributed by atoms with Crippen LogP contribution in [-0.2, 0) is 10.2 Å². The monoisotopic (exact) mass is 392 g/mol. The molecule has 0 bridgehead atoms. The minimum absolute atomic E-state index is 0.0856. The van der Waals surface area contributed by atoms with Crippen molar-refractivity contribution in [1.29, 1.82) is 0 Å². The van der Waals surface area contributed by atoms with Gasteiger partial charge in [-0.25, -0.2) is 4.31 Å². The quantitative estimate of drug-likeness (QED) is 0.779. The van der Waals surface area contributed by atoms with Crippen molar-refractivity contribution in [2.45, 2.75) is 0 Å². The maximum Gasteiger partial charge on any atom is 0.326 e. The van der Waals surface area contributed by atoms with E-state index in [2.05, 4.69) is 4.72 Å². The molecule has 1 aliphatic rings. The summed E-state index contributed by atoms with van der Waals surface area (Å²) in [6.07, 6.45) is 2.86. The van der Waals surface area contributed by atoms with Crippen LogP contribution in [0.25, 0.3) is 6.08 Å². The summed E-state index contributed by atoms with van der Waals surface area (Å²) in [5, 5.41) is 0. The fourth-order valence-electron chi connectivity index (χ4n) is 2.65. The van der Waals surface area contributed by atoms with Gasteiger partial charge in [-0.1, -0.05) is 12.1 Å². The predicted octanol–water partition coefficient (Wildman–Crippen LogP) is 2.37. The molecule has 27 heavy (non-hydrogen) atoms. The first kappa shape index (κ1) is 18.7. The predicted molar refractivity (Wildman–Crippen MR) is 102 cm³/mol. The summed E-state index contributed by atoms with van der Waals surface area (Å²) in [7, 11) is 0.722. The number of ether oxygens (including phenoxy) is 4. The molecule has 2 aromatic rings. The van der Waals surface area contributed by atoms with Gasteiger partial charge >= 0.3 is 10.2 Å². The third-order valence-electron chi connectivity index (χ3n) is 3.98. The standard InChI is InChI=1S/C18H20N2O6S/c1-23-13-10-17(24-2)14(18(11-13)25-3)8-9-19-27(21,22)20-12-26-16-7-5-4-6-15(16)20/h4-11,19H,12H2,1-3H3/b9-8+. The molecule has 0 saturated heterocycles. The molecule has 1 heterocycles. The molecule has 0 atom stereocenters. The van der Waals surface area contributed by atoms with Gasteiger partial charge in [0.25, 0.3) is 0 Å². The molecule has 0 unspecified atom stereocenters. The molecule has 144 valence electrons. The Morgan fingerprint density at radius 3 is 2.37 bits per heavy atom. The molecule has 8 nitrogen and oxygen atoms in total. The Kier molecular flexibility index (Phi) is 5.31. The molecule has 1 N–H and O–H groups in total. The van der Waals surface area contributed by atoms with Crippen LogP contribution < -0.4 is 28.0 Å². The smallest absolute Gasteiger partial charge is 0.326 e. The average Bonchev–Trinajstić information content (AvgIpc) is 3.12. The Morgan fingerprint density at radius 1 is 1.07 bits per heavy atom. The van der Waals surface area contributed by atoms with Crippen LogP contribution in [0.4, 0.5) is 5.69 Å². The third kappa shape index (κ3) is 3.72. The number of fused-ring (bicyclic) bond motifs is 1. The SMILES string of the molecule is COc1cc(OC)c(/C=C/NS(=O)(=O)N2COc3ccccc32)c(OC)c1. The Balaban J connectivity index is 1.83. The highest BCUT2D eigenvalue weighted by Gasteiger charge is 2.29. The first-order chi connectivity index (χ1) is 13.0. The van der Waals surface area contributed by atoms with Gasteiger partial charge in [0, 0.05) is 18.3 Å². The number of hydrogen-bond donors (Lipinski definition) is 1. The van der Waals surface area contributed by atoms with E-state index in [9.17, 15) is 8.42 Å². The molecule has 0 radical (unpaired) electrons. The molecular formula is C18H20N2O6S. The second-order valence-corrected chi connectivity index (χ2v) is 7.12. The molecular weight excluding hydrogens is 372 g/mol. The van der Waals surface area contributed by atoms with Crippen molar-refractivity contribution < 1.29 is 27.4 Å². The summed E-state index contributed by atoms with van der Waals surface area (Å²) in [5.41, 5.74) is 1.06. The third-order valence-corrected chi connectivity index (χ3v) is 5.30. The summed E-state index contributed by atoms with van der Waals surface area (Å²) >= 11 is 0. The fourth-order valence-corrected chi connectivity index (χ4v) is 3.61. The van der Waals surface area contributed by atoms with E-state index in [-0.39, 0.29) is 6.73 Å².